The van der Waals surface area contributed by atoms with E-state index in [1.54, 1.807) is 0 Å². The Bertz CT molecular complexity index is 276. The van der Waals surface area contributed by atoms with Crippen LogP contribution in [0.15, 0.2) is 0 Å². The highest BCUT2D eigenvalue weighted by Crippen LogP contribution is 2.44. The second-order valence-electron chi connectivity index (χ2n) is 7.24. The Kier molecular flexibility index (Phi) is 6.96. The molecule has 3 nitrogen and oxygen atoms in total. The smallest absolute Gasteiger partial charge is 0.0677 e. The molecule has 0 saturated carbocycles. The fraction of sp³-hybridized carbons (Fsp3) is 1.00. The van der Waals surface area contributed by atoms with E-state index in [-0.39, 0.29) is 11.2 Å². The molecule has 0 bridgehead atoms. The van der Waals surface area contributed by atoms with Crippen molar-refractivity contribution in [3.63, 3.8) is 0 Å². The van der Waals surface area contributed by atoms with Crippen molar-refractivity contribution in [2.45, 2.75) is 84.5 Å². The van der Waals surface area contributed by atoms with Crippen molar-refractivity contribution < 1.29 is 9.47 Å². The van der Waals surface area contributed by atoms with E-state index in [0.717, 1.165) is 39.0 Å². The topological polar surface area (TPSA) is 30.5 Å². The molecule has 0 aliphatic carbocycles. The molecule has 0 aromatic rings. The molecule has 1 N–H and O–H groups in total. The summed E-state index contributed by atoms with van der Waals surface area (Å²) in [4.78, 5) is 0. The second kappa shape index (κ2) is 7.77. The zero-order valence-corrected chi connectivity index (χ0v) is 14.4. The van der Waals surface area contributed by atoms with Gasteiger partial charge in [-0.1, -0.05) is 13.8 Å². The van der Waals surface area contributed by atoms with Gasteiger partial charge in [0.2, 0.25) is 0 Å². The Balaban J connectivity index is 2.61. The van der Waals surface area contributed by atoms with Crippen LogP contribution in [0.2, 0.25) is 0 Å². The summed E-state index contributed by atoms with van der Waals surface area (Å²) in [5.41, 5.74) is -0.0652. The standard InChI is InChI=1S/C17H35NO2/c1-7-10-18-15(9-12-19-11-8-2)14-13-16(3,4)20-17(14,5)6/h14-15,18H,7-13H2,1-6H3. The zero-order valence-electron chi connectivity index (χ0n) is 14.4. The van der Waals surface area contributed by atoms with Crippen LogP contribution in [0.1, 0.15) is 67.2 Å². The van der Waals surface area contributed by atoms with Gasteiger partial charge in [0.15, 0.2) is 0 Å². The van der Waals surface area contributed by atoms with Crippen molar-refractivity contribution in [1.82, 2.24) is 5.32 Å². The number of nitrogens with one attached hydrogen (secondary N) is 1. The molecule has 1 fully saturated rings. The Hall–Kier alpha value is -0.120. The Labute approximate surface area is 125 Å². The van der Waals surface area contributed by atoms with Gasteiger partial charge in [-0.3, -0.25) is 0 Å². The Morgan fingerprint density at radius 3 is 2.35 bits per heavy atom. The van der Waals surface area contributed by atoms with Gasteiger partial charge in [0, 0.05) is 25.2 Å². The molecule has 0 amide bonds. The summed E-state index contributed by atoms with van der Waals surface area (Å²) in [6.07, 6.45) is 4.46. The molecule has 1 rings (SSSR count). The van der Waals surface area contributed by atoms with Crippen LogP contribution in [0.5, 0.6) is 0 Å². The first-order valence-corrected chi connectivity index (χ1v) is 8.33. The van der Waals surface area contributed by atoms with Crippen molar-refractivity contribution in [2.75, 3.05) is 19.8 Å². The van der Waals surface area contributed by atoms with E-state index in [1.807, 2.05) is 0 Å². The van der Waals surface area contributed by atoms with Crippen molar-refractivity contribution in [3.8, 4) is 0 Å². The van der Waals surface area contributed by atoms with Gasteiger partial charge in [0.05, 0.1) is 11.2 Å². The Morgan fingerprint density at radius 1 is 1.15 bits per heavy atom. The monoisotopic (exact) mass is 285 g/mol. The molecule has 0 spiro atoms. The summed E-state index contributed by atoms with van der Waals surface area (Å²) < 4.78 is 11.9. The predicted octanol–water partition coefficient (Wildman–Crippen LogP) is 3.77. The zero-order chi connectivity index (χ0) is 15.2. The van der Waals surface area contributed by atoms with Gasteiger partial charge in [-0.05, 0) is 59.9 Å². The summed E-state index contributed by atoms with van der Waals surface area (Å²) in [5, 5.41) is 3.72. The van der Waals surface area contributed by atoms with E-state index in [2.05, 4.69) is 46.9 Å². The van der Waals surface area contributed by atoms with Gasteiger partial charge in [0.1, 0.15) is 0 Å². The third kappa shape index (κ3) is 5.34. The normalized spacial score (nSPS) is 25.8. The third-order valence-electron chi connectivity index (χ3n) is 4.21. The molecule has 0 radical (unpaired) electrons. The maximum absolute atomic E-state index is 6.26. The first kappa shape index (κ1) is 17.9. The van der Waals surface area contributed by atoms with E-state index in [0.29, 0.717) is 12.0 Å². The molecule has 1 aliphatic rings. The lowest BCUT2D eigenvalue weighted by Crippen LogP contribution is -2.45. The highest BCUT2D eigenvalue weighted by atomic mass is 16.5. The van der Waals surface area contributed by atoms with Crippen LogP contribution in [0.3, 0.4) is 0 Å². The minimum atomic E-state index is -0.0559. The molecule has 0 aromatic carbocycles. The van der Waals surface area contributed by atoms with Crippen molar-refractivity contribution in [3.05, 3.63) is 0 Å². The summed E-state index contributed by atoms with van der Waals surface area (Å²) in [6, 6.07) is 0.489. The molecule has 1 aliphatic heterocycles. The third-order valence-corrected chi connectivity index (χ3v) is 4.21. The van der Waals surface area contributed by atoms with Crippen LogP contribution in [0.4, 0.5) is 0 Å². The molecule has 1 saturated heterocycles. The highest BCUT2D eigenvalue weighted by Gasteiger charge is 2.48. The van der Waals surface area contributed by atoms with Crippen LogP contribution in [0.25, 0.3) is 0 Å². The van der Waals surface area contributed by atoms with E-state index < -0.39 is 0 Å². The summed E-state index contributed by atoms with van der Waals surface area (Å²) in [5.74, 6) is 0.550. The molecule has 1 heterocycles. The molecular formula is C17H35NO2. The number of hydrogen-bond acceptors (Lipinski definition) is 3. The van der Waals surface area contributed by atoms with Gasteiger partial charge < -0.3 is 14.8 Å². The maximum Gasteiger partial charge on any atom is 0.0677 e. The van der Waals surface area contributed by atoms with E-state index >= 15 is 0 Å². The van der Waals surface area contributed by atoms with Crippen molar-refractivity contribution >= 4 is 0 Å². The molecule has 120 valence electrons. The van der Waals surface area contributed by atoms with Gasteiger partial charge in [-0.2, -0.15) is 0 Å². The maximum atomic E-state index is 6.26. The van der Waals surface area contributed by atoms with Crippen molar-refractivity contribution in [2.24, 2.45) is 5.92 Å². The lowest BCUT2D eigenvalue weighted by molar-refractivity contribution is -0.0784. The Morgan fingerprint density at radius 2 is 1.85 bits per heavy atom. The predicted molar refractivity (Wildman–Crippen MR) is 85.2 cm³/mol. The summed E-state index contributed by atoms with van der Waals surface area (Å²) in [7, 11) is 0. The quantitative estimate of drug-likeness (QED) is 0.654. The first-order chi connectivity index (χ1) is 9.32. The first-order valence-electron chi connectivity index (χ1n) is 8.33. The van der Waals surface area contributed by atoms with Gasteiger partial charge in [-0.25, -0.2) is 0 Å². The average Bonchev–Trinajstić information content (AvgIpc) is 2.56. The van der Waals surface area contributed by atoms with Crippen LogP contribution < -0.4 is 5.32 Å². The van der Waals surface area contributed by atoms with Crippen molar-refractivity contribution in [1.29, 1.82) is 0 Å². The van der Waals surface area contributed by atoms with E-state index in [4.69, 9.17) is 9.47 Å². The average molecular weight is 285 g/mol. The lowest BCUT2D eigenvalue weighted by Gasteiger charge is -2.33. The lowest BCUT2D eigenvalue weighted by atomic mass is 9.80. The molecule has 2 unspecified atom stereocenters. The van der Waals surface area contributed by atoms with Gasteiger partial charge in [0.25, 0.3) is 0 Å². The van der Waals surface area contributed by atoms with Gasteiger partial charge in [-0.15, -0.1) is 0 Å². The van der Waals surface area contributed by atoms with Crippen LogP contribution in [-0.4, -0.2) is 37.0 Å². The van der Waals surface area contributed by atoms with Crippen LogP contribution >= 0.6 is 0 Å². The summed E-state index contributed by atoms with van der Waals surface area (Å²) in [6.45, 7) is 16.1. The summed E-state index contributed by atoms with van der Waals surface area (Å²) >= 11 is 0. The molecule has 3 heteroatoms. The number of hydrogen-bond donors (Lipinski definition) is 1. The highest BCUT2D eigenvalue weighted by molar-refractivity contribution is 4.99. The fourth-order valence-electron chi connectivity index (χ4n) is 3.46. The number of ether oxygens (including phenoxy) is 2. The van der Waals surface area contributed by atoms with E-state index in [9.17, 15) is 0 Å². The molecule has 0 aromatic heterocycles. The SMILES string of the molecule is CCCNC(CCOCCC)C1CC(C)(C)OC1(C)C. The van der Waals surface area contributed by atoms with Crippen LogP contribution in [-0.2, 0) is 9.47 Å². The minimum absolute atomic E-state index is 0.00934. The molecule has 20 heavy (non-hydrogen) atoms. The fourth-order valence-corrected chi connectivity index (χ4v) is 3.46. The van der Waals surface area contributed by atoms with Crippen LogP contribution in [0, 0.1) is 5.92 Å². The van der Waals surface area contributed by atoms with Gasteiger partial charge >= 0.3 is 0 Å². The molecular weight excluding hydrogens is 250 g/mol. The van der Waals surface area contributed by atoms with E-state index in [1.165, 1.54) is 6.42 Å². The second-order valence-corrected chi connectivity index (χ2v) is 7.24. The largest absolute Gasteiger partial charge is 0.381 e. The molecule has 2 atom stereocenters. The number of rotatable bonds is 9. The minimum Gasteiger partial charge on any atom is -0.381 e.